The molecular formula is C12H15N3O2. The number of rotatable bonds is 5. The summed E-state index contributed by atoms with van der Waals surface area (Å²) in [5.74, 6) is 2.14. The van der Waals surface area contributed by atoms with Crippen LogP contribution in [0.25, 0.3) is 0 Å². The van der Waals surface area contributed by atoms with Gasteiger partial charge < -0.3 is 14.5 Å². The van der Waals surface area contributed by atoms with Gasteiger partial charge in [0.15, 0.2) is 0 Å². The molecule has 0 aliphatic rings. The monoisotopic (exact) mass is 233 g/mol. The van der Waals surface area contributed by atoms with Gasteiger partial charge in [0.2, 0.25) is 5.88 Å². The number of nitrogens with one attached hydrogen (secondary N) is 1. The van der Waals surface area contributed by atoms with Crippen molar-refractivity contribution >= 4 is 5.82 Å². The van der Waals surface area contributed by atoms with Gasteiger partial charge in [0.1, 0.15) is 17.9 Å². The quantitative estimate of drug-likeness (QED) is 0.859. The molecule has 0 unspecified atom stereocenters. The van der Waals surface area contributed by atoms with Crippen LogP contribution in [0.1, 0.15) is 19.6 Å². The molecule has 2 heterocycles. The molecule has 90 valence electrons. The van der Waals surface area contributed by atoms with E-state index in [2.05, 4.69) is 15.3 Å². The van der Waals surface area contributed by atoms with Gasteiger partial charge in [-0.3, -0.25) is 0 Å². The molecule has 2 aromatic rings. The first-order chi connectivity index (χ1) is 8.24. The second-order valence-corrected chi connectivity index (χ2v) is 3.84. The maximum atomic E-state index is 5.48. The summed E-state index contributed by atoms with van der Waals surface area (Å²) in [6.07, 6.45) is 3.22. The Kier molecular flexibility index (Phi) is 3.59. The predicted octanol–water partition coefficient (Wildman–Crippen LogP) is 2.47. The number of ether oxygens (including phenoxy) is 1. The molecule has 5 nitrogen and oxygen atoms in total. The third-order valence-electron chi connectivity index (χ3n) is 2.02. The van der Waals surface area contributed by atoms with Gasteiger partial charge in [-0.25, -0.2) is 9.97 Å². The maximum Gasteiger partial charge on any atom is 0.218 e. The molecule has 0 aromatic carbocycles. The van der Waals surface area contributed by atoms with Crippen LogP contribution in [-0.2, 0) is 6.54 Å². The van der Waals surface area contributed by atoms with Crippen molar-refractivity contribution in [3.63, 3.8) is 0 Å². The van der Waals surface area contributed by atoms with Crippen LogP contribution >= 0.6 is 0 Å². The molecule has 1 N–H and O–H groups in total. The highest BCUT2D eigenvalue weighted by Crippen LogP contribution is 2.13. The van der Waals surface area contributed by atoms with Crippen molar-refractivity contribution in [2.24, 2.45) is 0 Å². The van der Waals surface area contributed by atoms with E-state index >= 15 is 0 Å². The average molecular weight is 233 g/mol. The van der Waals surface area contributed by atoms with Gasteiger partial charge in [0.05, 0.1) is 18.9 Å². The average Bonchev–Trinajstić information content (AvgIpc) is 2.79. The number of furan rings is 1. The second kappa shape index (κ2) is 5.34. The Labute approximate surface area is 99.8 Å². The van der Waals surface area contributed by atoms with E-state index in [-0.39, 0.29) is 6.10 Å². The van der Waals surface area contributed by atoms with E-state index in [0.29, 0.717) is 18.2 Å². The number of anilines is 1. The molecule has 0 aliphatic heterocycles. The fourth-order valence-corrected chi connectivity index (χ4v) is 1.33. The molecule has 0 aliphatic carbocycles. The summed E-state index contributed by atoms with van der Waals surface area (Å²) in [7, 11) is 0. The molecule has 17 heavy (non-hydrogen) atoms. The van der Waals surface area contributed by atoms with Crippen molar-refractivity contribution in [2.75, 3.05) is 5.32 Å². The highest BCUT2D eigenvalue weighted by atomic mass is 16.5. The zero-order valence-corrected chi connectivity index (χ0v) is 9.88. The van der Waals surface area contributed by atoms with Crippen LogP contribution in [0.4, 0.5) is 5.82 Å². The van der Waals surface area contributed by atoms with E-state index in [1.54, 1.807) is 12.3 Å². The lowest BCUT2D eigenvalue weighted by atomic mass is 10.4. The van der Waals surface area contributed by atoms with Gasteiger partial charge >= 0.3 is 0 Å². The van der Waals surface area contributed by atoms with Gasteiger partial charge in [-0.1, -0.05) is 0 Å². The molecular weight excluding hydrogens is 218 g/mol. The Morgan fingerprint density at radius 1 is 1.41 bits per heavy atom. The summed E-state index contributed by atoms with van der Waals surface area (Å²) >= 11 is 0. The van der Waals surface area contributed by atoms with E-state index in [1.807, 2.05) is 26.0 Å². The van der Waals surface area contributed by atoms with Crippen LogP contribution in [0.3, 0.4) is 0 Å². The molecule has 0 fully saturated rings. The Morgan fingerprint density at radius 3 is 3.00 bits per heavy atom. The standard InChI is InChI=1S/C12H15N3O2/c1-9(2)17-12-6-11(14-8-15-12)13-7-10-4-3-5-16-10/h3-6,8-9H,7H2,1-2H3,(H,13,14,15). The summed E-state index contributed by atoms with van der Waals surface area (Å²) in [6, 6.07) is 5.52. The first kappa shape index (κ1) is 11.4. The predicted molar refractivity (Wildman–Crippen MR) is 63.8 cm³/mol. The van der Waals surface area contributed by atoms with Crippen molar-refractivity contribution in [1.82, 2.24) is 9.97 Å². The highest BCUT2D eigenvalue weighted by Gasteiger charge is 2.02. The van der Waals surface area contributed by atoms with Crippen LogP contribution in [0.2, 0.25) is 0 Å². The molecule has 0 radical (unpaired) electrons. The molecule has 0 spiro atoms. The fraction of sp³-hybridized carbons (Fsp3) is 0.333. The molecule has 5 heteroatoms. The Bertz CT molecular complexity index is 455. The van der Waals surface area contributed by atoms with E-state index < -0.39 is 0 Å². The molecule has 0 bridgehead atoms. The van der Waals surface area contributed by atoms with E-state index in [0.717, 1.165) is 5.76 Å². The smallest absolute Gasteiger partial charge is 0.218 e. The normalized spacial score (nSPS) is 10.5. The molecule has 0 saturated carbocycles. The van der Waals surface area contributed by atoms with E-state index in [4.69, 9.17) is 9.15 Å². The fourth-order valence-electron chi connectivity index (χ4n) is 1.33. The largest absolute Gasteiger partial charge is 0.475 e. The lowest BCUT2D eigenvalue weighted by molar-refractivity contribution is 0.232. The zero-order valence-electron chi connectivity index (χ0n) is 9.88. The SMILES string of the molecule is CC(C)Oc1cc(NCc2ccco2)ncn1. The van der Waals surface area contributed by atoms with Crippen LogP contribution in [0.5, 0.6) is 5.88 Å². The van der Waals surface area contributed by atoms with Gasteiger partial charge in [0.25, 0.3) is 0 Å². The first-order valence-electron chi connectivity index (χ1n) is 5.49. The summed E-state index contributed by atoms with van der Waals surface area (Å²) in [4.78, 5) is 8.13. The molecule has 2 aromatic heterocycles. The summed E-state index contributed by atoms with van der Waals surface area (Å²) in [5, 5.41) is 3.14. The third kappa shape index (κ3) is 3.48. The van der Waals surface area contributed by atoms with Crippen LogP contribution in [0, 0.1) is 0 Å². The van der Waals surface area contributed by atoms with E-state index in [1.165, 1.54) is 6.33 Å². The van der Waals surface area contributed by atoms with Crippen LogP contribution in [0.15, 0.2) is 35.2 Å². The van der Waals surface area contributed by atoms with Gasteiger partial charge in [-0.05, 0) is 26.0 Å². The second-order valence-electron chi connectivity index (χ2n) is 3.84. The Balaban J connectivity index is 1.96. The van der Waals surface area contributed by atoms with Gasteiger partial charge in [0, 0.05) is 6.07 Å². The minimum Gasteiger partial charge on any atom is -0.475 e. The zero-order chi connectivity index (χ0) is 12.1. The molecule has 0 amide bonds. The minimum absolute atomic E-state index is 0.0998. The van der Waals surface area contributed by atoms with Crippen molar-refractivity contribution in [1.29, 1.82) is 0 Å². The Hall–Kier alpha value is -2.04. The lowest BCUT2D eigenvalue weighted by Crippen LogP contribution is -2.08. The van der Waals surface area contributed by atoms with Crippen molar-refractivity contribution < 1.29 is 9.15 Å². The maximum absolute atomic E-state index is 5.48. The topological polar surface area (TPSA) is 60.2 Å². The highest BCUT2D eigenvalue weighted by molar-refractivity contribution is 5.37. The van der Waals surface area contributed by atoms with Crippen LogP contribution in [-0.4, -0.2) is 16.1 Å². The summed E-state index contributed by atoms with van der Waals surface area (Å²) in [5.41, 5.74) is 0. The first-order valence-corrected chi connectivity index (χ1v) is 5.49. The summed E-state index contributed by atoms with van der Waals surface area (Å²) in [6.45, 7) is 4.50. The van der Waals surface area contributed by atoms with Crippen molar-refractivity contribution in [3.05, 3.63) is 36.5 Å². The van der Waals surface area contributed by atoms with Gasteiger partial charge in [-0.15, -0.1) is 0 Å². The van der Waals surface area contributed by atoms with Crippen molar-refractivity contribution in [2.45, 2.75) is 26.5 Å². The number of aromatic nitrogens is 2. The minimum atomic E-state index is 0.0998. The molecule has 0 saturated heterocycles. The van der Waals surface area contributed by atoms with Crippen LogP contribution < -0.4 is 10.1 Å². The van der Waals surface area contributed by atoms with Gasteiger partial charge in [-0.2, -0.15) is 0 Å². The number of hydrogen-bond acceptors (Lipinski definition) is 5. The molecule has 0 atom stereocenters. The summed E-state index contributed by atoms with van der Waals surface area (Å²) < 4.78 is 10.7. The molecule has 2 rings (SSSR count). The number of hydrogen-bond donors (Lipinski definition) is 1. The number of nitrogens with zero attached hydrogens (tertiary/aromatic N) is 2. The third-order valence-corrected chi connectivity index (χ3v) is 2.02. The Morgan fingerprint density at radius 2 is 2.29 bits per heavy atom. The lowest BCUT2D eigenvalue weighted by Gasteiger charge is -2.09. The van der Waals surface area contributed by atoms with E-state index in [9.17, 15) is 0 Å². The van der Waals surface area contributed by atoms with Crippen molar-refractivity contribution in [3.8, 4) is 5.88 Å².